The van der Waals surface area contributed by atoms with Crippen molar-refractivity contribution in [1.29, 1.82) is 0 Å². The number of rotatable bonds is 1. The summed E-state index contributed by atoms with van der Waals surface area (Å²) in [6.45, 7) is 0. The van der Waals surface area contributed by atoms with E-state index in [1.54, 1.807) is 13.3 Å². The standard InChI is InChI=1S/C10H6Br3NO/c1-15-7-3-2-5(11)10-8(7)9(13)6(12)4-14-10/h2-4H,1H3. The summed E-state index contributed by atoms with van der Waals surface area (Å²) in [5, 5.41) is 0.959. The first-order chi connectivity index (χ1) is 7.15. The lowest BCUT2D eigenvalue weighted by Crippen LogP contribution is -1.89. The fourth-order valence-electron chi connectivity index (χ4n) is 1.35. The Bertz CT molecular complexity index is 528. The van der Waals surface area contributed by atoms with Crippen LogP contribution in [0, 0.1) is 0 Å². The van der Waals surface area contributed by atoms with Crippen LogP contribution in [0.5, 0.6) is 5.75 Å². The molecule has 0 aliphatic rings. The van der Waals surface area contributed by atoms with Crippen molar-refractivity contribution in [3.8, 4) is 5.75 Å². The molecule has 78 valence electrons. The largest absolute Gasteiger partial charge is 0.496 e. The molecule has 0 N–H and O–H groups in total. The summed E-state index contributed by atoms with van der Waals surface area (Å²) in [4.78, 5) is 4.35. The maximum atomic E-state index is 5.31. The number of ether oxygens (including phenoxy) is 1. The molecule has 0 unspecified atom stereocenters. The molecule has 0 radical (unpaired) electrons. The Balaban J connectivity index is 2.95. The van der Waals surface area contributed by atoms with Crippen molar-refractivity contribution in [3.63, 3.8) is 0 Å². The molecule has 0 fully saturated rings. The molecule has 1 heterocycles. The summed E-state index contributed by atoms with van der Waals surface area (Å²) in [5.74, 6) is 0.800. The van der Waals surface area contributed by atoms with Crippen LogP contribution < -0.4 is 4.74 Å². The zero-order valence-corrected chi connectivity index (χ0v) is 12.5. The number of methoxy groups -OCH3 is 1. The van der Waals surface area contributed by atoms with E-state index in [1.807, 2.05) is 12.1 Å². The van der Waals surface area contributed by atoms with Gasteiger partial charge in [-0.3, -0.25) is 4.98 Å². The lowest BCUT2D eigenvalue weighted by molar-refractivity contribution is 0.419. The SMILES string of the molecule is COc1ccc(Br)c2ncc(Br)c(Br)c12. The van der Waals surface area contributed by atoms with Gasteiger partial charge >= 0.3 is 0 Å². The van der Waals surface area contributed by atoms with Crippen LogP contribution in [0.3, 0.4) is 0 Å². The second kappa shape index (κ2) is 4.39. The quantitative estimate of drug-likeness (QED) is 0.707. The molecule has 0 saturated carbocycles. The molecule has 0 saturated heterocycles. The average Bonchev–Trinajstić information content (AvgIpc) is 2.24. The minimum atomic E-state index is 0.800. The summed E-state index contributed by atoms with van der Waals surface area (Å²) in [6.07, 6.45) is 1.76. The van der Waals surface area contributed by atoms with Gasteiger partial charge in [-0.1, -0.05) is 0 Å². The highest BCUT2D eigenvalue weighted by Gasteiger charge is 2.11. The van der Waals surface area contributed by atoms with Crippen LogP contribution in [0.25, 0.3) is 10.9 Å². The summed E-state index contributed by atoms with van der Waals surface area (Å²) < 4.78 is 8.12. The van der Waals surface area contributed by atoms with E-state index in [0.29, 0.717) is 0 Å². The molecule has 15 heavy (non-hydrogen) atoms. The molecule has 0 aliphatic heterocycles. The number of hydrogen-bond acceptors (Lipinski definition) is 2. The van der Waals surface area contributed by atoms with Gasteiger partial charge in [0.2, 0.25) is 0 Å². The lowest BCUT2D eigenvalue weighted by Gasteiger charge is -2.09. The van der Waals surface area contributed by atoms with E-state index in [9.17, 15) is 0 Å². The van der Waals surface area contributed by atoms with Crippen LogP contribution in [-0.4, -0.2) is 12.1 Å². The first-order valence-electron chi connectivity index (χ1n) is 4.11. The Kier molecular flexibility index (Phi) is 3.33. The average molecular weight is 396 g/mol. The lowest BCUT2D eigenvalue weighted by atomic mass is 10.2. The minimum Gasteiger partial charge on any atom is -0.496 e. The Morgan fingerprint density at radius 2 is 1.87 bits per heavy atom. The smallest absolute Gasteiger partial charge is 0.129 e. The van der Waals surface area contributed by atoms with Gasteiger partial charge in [0.25, 0.3) is 0 Å². The molecule has 0 spiro atoms. The molecular weight excluding hydrogens is 390 g/mol. The van der Waals surface area contributed by atoms with Gasteiger partial charge in [-0.2, -0.15) is 0 Å². The molecule has 2 rings (SSSR count). The molecule has 0 amide bonds. The molecule has 0 aliphatic carbocycles. The predicted octanol–water partition coefficient (Wildman–Crippen LogP) is 4.53. The van der Waals surface area contributed by atoms with Gasteiger partial charge in [-0.15, -0.1) is 0 Å². The number of halogens is 3. The van der Waals surface area contributed by atoms with Gasteiger partial charge in [0.15, 0.2) is 0 Å². The molecule has 5 heteroatoms. The number of pyridine rings is 1. The van der Waals surface area contributed by atoms with Gasteiger partial charge in [-0.05, 0) is 59.9 Å². The minimum absolute atomic E-state index is 0.800. The normalized spacial score (nSPS) is 10.7. The van der Waals surface area contributed by atoms with E-state index in [1.165, 1.54) is 0 Å². The summed E-state index contributed by atoms with van der Waals surface area (Å²) in [5.41, 5.74) is 0.879. The van der Waals surface area contributed by atoms with Crippen LogP contribution in [0.15, 0.2) is 31.7 Å². The fraction of sp³-hybridized carbons (Fsp3) is 0.100. The van der Waals surface area contributed by atoms with E-state index in [4.69, 9.17) is 4.74 Å². The molecule has 2 aromatic rings. The van der Waals surface area contributed by atoms with Gasteiger partial charge in [0.05, 0.1) is 22.5 Å². The molecular formula is C10H6Br3NO. The Labute approximate surface area is 112 Å². The highest BCUT2D eigenvalue weighted by Crippen LogP contribution is 2.38. The van der Waals surface area contributed by atoms with E-state index in [0.717, 1.165) is 30.1 Å². The number of fused-ring (bicyclic) bond motifs is 1. The highest BCUT2D eigenvalue weighted by molar-refractivity contribution is 9.13. The van der Waals surface area contributed by atoms with E-state index < -0.39 is 0 Å². The van der Waals surface area contributed by atoms with Crippen LogP contribution in [0.2, 0.25) is 0 Å². The summed E-state index contributed by atoms with van der Waals surface area (Å²) in [6, 6.07) is 3.83. The van der Waals surface area contributed by atoms with Crippen molar-refractivity contribution in [3.05, 3.63) is 31.7 Å². The topological polar surface area (TPSA) is 22.1 Å². The van der Waals surface area contributed by atoms with Crippen molar-refractivity contribution < 1.29 is 4.74 Å². The predicted molar refractivity (Wildman–Crippen MR) is 71.4 cm³/mol. The monoisotopic (exact) mass is 393 g/mol. The van der Waals surface area contributed by atoms with Crippen molar-refractivity contribution in [2.45, 2.75) is 0 Å². The van der Waals surface area contributed by atoms with Gasteiger partial charge in [0.1, 0.15) is 5.75 Å². The van der Waals surface area contributed by atoms with Crippen LogP contribution in [-0.2, 0) is 0 Å². The van der Waals surface area contributed by atoms with Gasteiger partial charge in [0, 0.05) is 15.1 Å². The van der Waals surface area contributed by atoms with E-state index in [2.05, 4.69) is 52.8 Å². The Morgan fingerprint density at radius 3 is 2.53 bits per heavy atom. The Hall–Kier alpha value is -0.130. The van der Waals surface area contributed by atoms with Gasteiger partial charge in [-0.25, -0.2) is 0 Å². The van der Waals surface area contributed by atoms with Crippen molar-refractivity contribution in [2.75, 3.05) is 7.11 Å². The third-order valence-electron chi connectivity index (χ3n) is 2.05. The molecule has 1 aromatic heterocycles. The zero-order chi connectivity index (χ0) is 11.0. The van der Waals surface area contributed by atoms with Crippen LogP contribution >= 0.6 is 47.8 Å². The zero-order valence-electron chi connectivity index (χ0n) is 7.72. The number of aromatic nitrogens is 1. The molecule has 1 aromatic carbocycles. The first kappa shape index (κ1) is 11.4. The van der Waals surface area contributed by atoms with Gasteiger partial charge < -0.3 is 4.74 Å². The molecule has 0 bridgehead atoms. The van der Waals surface area contributed by atoms with E-state index in [-0.39, 0.29) is 0 Å². The summed E-state index contributed by atoms with van der Waals surface area (Å²) >= 11 is 10.4. The highest BCUT2D eigenvalue weighted by atomic mass is 79.9. The maximum Gasteiger partial charge on any atom is 0.129 e. The number of hydrogen-bond donors (Lipinski definition) is 0. The van der Waals surface area contributed by atoms with Crippen LogP contribution in [0.4, 0.5) is 0 Å². The van der Waals surface area contributed by atoms with Crippen molar-refractivity contribution >= 4 is 58.7 Å². The Morgan fingerprint density at radius 1 is 1.13 bits per heavy atom. The van der Waals surface area contributed by atoms with E-state index >= 15 is 0 Å². The number of nitrogens with zero attached hydrogens (tertiary/aromatic N) is 1. The number of benzene rings is 1. The molecule has 2 nitrogen and oxygen atoms in total. The van der Waals surface area contributed by atoms with Crippen LogP contribution in [0.1, 0.15) is 0 Å². The second-order valence-corrected chi connectivity index (χ2v) is 5.40. The third kappa shape index (κ3) is 1.92. The third-order valence-corrected chi connectivity index (χ3v) is 4.64. The van der Waals surface area contributed by atoms with Crippen molar-refractivity contribution in [1.82, 2.24) is 4.98 Å². The molecule has 0 atom stereocenters. The van der Waals surface area contributed by atoms with Crippen molar-refractivity contribution in [2.24, 2.45) is 0 Å². The maximum absolute atomic E-state index is 5.31. The summed E-state index contributed by atoms with van der Waals surface area (Å²) in [7, 11) is 1.65. The first-order valence-corrected chi connectivity index (χ1v) is 6.49. The second-order valence-electron chi connectivity index (χ2n) is 2.89. The fourth-order valence-corrected chi connectivity index (χ4v) is 2.57.